The van der Waals surface area contributed by atoms with Gasteiger partial charge in [0.05, 0.1) is 13.0 Å². The average Bonchev–Trinajstić information content (AvgIpc) is 2.73. The minimum absolute atomic E-state index is 0.00923. The van der Waals surface area contributed by atoms with E-state index in [0.717, 1.165) is 15.6 Å². The number of allylic oxidation sites excluding steroid dienone is 2. The standard InChI is InChI=1S/C23H20BrNO4/c1-28-23(27)21-19(14-7-9-16(24)10-8-14)20-17(26)11-15(12-18(20)29-22(21)25)13-5-3-2-4-6-13/h2-10,15,19H,11-12,25H2,1H3/t15-,19+/m0/s1. The Labute approximate surface area is 177 Å². The van der Waals surface area contributed by atoms with Crippen LogP contribution in [-0.4, -0.2) is 18.9 Å². The molecule has 2 N–H and O–H groups in total. The Bertz CT molecular complexity index is 1020. The molecule has 2 atom stereocenters. The van der Waals surface area contributed by atoms with Crippen LogP contribution in [0, 0.1) is 0 Å². The highest BCUT2D eigenvalue weighted by atomic mass is 79.9. The van der Waals surface area contributed by atoms with Gasteiger partial charge in [-0.25, -0.2) is 4.79 Å². The van der Waals surface area contributed by atoms with Gasteiger partial charge in [0.15, 0.2) is 5.78 Å². The first kappa shape index (κ1) is 19.5. The fourth-order valence-electron chi connectivity index (χ4n) is 4.07. The lowest BCUT2D eigenvalue weighted by Gasteiger charge is -2.35. The quantitative estimate of drug-likeness (QED) is 0.700. The van der Waals surface area contributed by atoms with Crippen molar-refractivity contribution in [1.82, 2.24) is 0 Å². The molecule has 0 spiro atoms. The first-order valence-corrected chi connectivity index (χ1v) is 10.1. The summed E-state index contributed by atoms with van der Waals surface area (Å²) in [5, 5.41) is 0. The van der Waals surface area contributed by atoms with Crippen molar-refractivity contribution < 1.29 is 19.1 Å². The number of benzene rings is 2. The maximum absolute atomic E-state index is 13.3. The number of hydrogen-bond acceptors (Lipinski definition) is 5. The van der Waals surface area contributed by atoms with E-state index in [-0.39, 0.29) is 23.2 Å². The number of carbonyl (C=O) groups is 2. The Kier molecular flexibility index (Phi) is 5.28. The van der Waals surface area contributed by atoms with Gasteiger partial charge in [-0.2, -0.15) is 0 Å². The molecule has 0 fully saturated rings. The van der Waals surface area contributed by atoms with Crippen molar-refractivity contribution in [2.45, 2.75) is 24.7 Å². The Morgan fingerprint density at radius 1 is 1.07 bits per heavy atom. The zero-order valence-electron chi connectivity index (χ0n) is 15.9. The second-order valence-corrected chi connectivity index (χ2v) is 8.05. The molecular formula is C23H20BrNO4. The zero-order valence-corrected chi connectivity index (χ0v) is 17.4. The number of rotatable bonds is 3. The molecule has 0 saturated heterocycles. The summed E-state index contributed by atoms with van der Waals surface area (Å²) in [6.07, 6.45) is 0.904. The Hall–Kier alpha value is -2.86. The molecule has 0 unspecified atom stereocenters. The van der Waals surface area contributed by atoms with E-state index in [0.29, 0.717) is 24.2 Å². The first-order valence-electron chi connectivity index (χ1n) is 9.32. The van der Waals surface area contributed by atoms with Crippen LogP contribution < -0.4 is 5.73 Å². The van der Waals surface area contributed by atoms with E-state index >= 15 is 0 Å². The maximum atomic E-state index is 13.3. The number of methoxy groups -OCH3 is 1. The van der Waals surface area contributed by atoms with Crippen LogP contribution in [0.1, 0.15) is 35.8 Å². The van der Waals surface area contributed by atoms with Crippen LogP contribution in [0.3, 0.4) is 0 Å². The fourth-order valence-corrected chi connectivity index (χ4v) is 4.33. The van der Waals surface area contributed by atoms with Gasteiger partial charge in [0.1, 0.15) is 11.3 Å². The molecule has 4 rings (SSSR count). The number of carbonyl (C=O) groups excluding carboxylic acids is 2. The molecule has 0 aromatic heterocycles. The predicted octanol–water partition coefficient (Wildman–Crippen LogP) is 4.31. The third-order valence-corrected chi connectivity index (χ3v) is 5.95. The second-order valence-electron chi connectivity index (χ2n) is 7.13. The molecule has 0 bridgehead atoms. The van der Waals surface area contributed by atoms with E-state index in [9.17, 15) is 9.59 Å². The van der Waals surface area contributed by atoms with Gasteiger partial charge < -0.3 is 15.2 Å². The van der Waals surface area contributed by atoms with Crippen molar-refractivity contribution in [1.29, 1.82) is 0 Å². The molecule has 1 aliphatic carbocycles. The molecule has 2 aromatic carbocycles. The lowest BCUT2D eigenvalue weighted by molar-refractivity contribution is -0.136. The van der Waals surface area contributed by atoms with Crippen molar-refractivity contribution in [2.24, 2.45) is 5.73 Å². The van der Waals surface area contributed by atoms with Gasteiger partial charge >= 0.3 is 5.97 Å². The molecule has 2 aliphatic rings. The number of ketones is 1. The van der Waals surface area contributed by atoms with Crippen molar-refractivity contribution in [3.05, 3.63) is 93.0 Å². The van der Waals surface area contributed by atoms with Crippen LogP contribution in [0.15, 0.2) is 81.9 Å². The van der Waals surface area contributed by atoms with Gasteiger partial charge in [-0.05, 0) is 29.2 Å². The van der Waals surface area contributed by atoms with Crippen molar-refractivity contribution in [2.75, 3.05) is 7.11 Å². The van der Waals surface area contributed by atoms with Crippen LogP contribution >= 0.6 is 15.9 Å². The van der Waals surface area contributed by atoms with Gasteiger partial charge in [0.25, 0.3) is 0 Å². The van der Waals surface area contributed by atoms with E-state index in [1.165, 1.54) is 7.11 Å². The maximum Gasteiger partial charge on any atom is 0.340 e. The van der Waals surface area contributed by atoms with E-state index in [2.05, 4.69) is 15.9 Å². The predicted molar refractivity (Wildman–Crippen MR) is 112 cm³/mol. The fraction of sp³-hybridized carbons (Fsp3) is 0.217. The van der Waals surface area contributed by atoms with E-state index < -0.39 is 11.9 Å². The summed E-state index contributed by atoms with van der Waals surface area (Å²) < 4.78 is 11.7. The largest absolute Gasteiger partial charge is 0.465 e. The smallest absolute Gasteiger partial charge is 0.340 e. The Morgan fingerprint density at radius 3 is 2.41 bits per heavy atom. The first-order chi connectivity index (χ1) is 14.0. The molecule has 0 radical (unpaired) electrons. The molecule has 29 heavy (non-hydrogen) atoms. The lowest BCUT2D eigenvalue weighted by atomic mass is 9.73. The third-order valence-electron chi connectivity index (χ3n) is 5.42. The van der Waals surface area contributed by atoms with E-state index in [4.69, 9.17) is 15.2 Å². The molecular weight excluding hydrogens is 434 g/mol. The normalized spacial score (nSPS) is 21.5. The highest BCUT2D eigenvalue weighted by Gasteiger charge is 2.43. The average molecular weight is 454 g/mol. The number of hydrogen-bond donors (Lipinski definition) is 1. The lowest BCUT2D eigenvalue weighted by Crippen LogP contribution is -2.32. The van der Waals surface area contributed by atoms with Gasteiger partial charge in [-0.1, -0.05) is 58.4 Å². The van der Waals surface area contributed by atoms with Crippen LogP contribution in [0.2, 0.25) is 0 Å². The zero-order chi connectivity index (χ0) is 20.5. The minimum Gasteiger partial charge on any atom is -0.465 e. The summed E-state index contributed by atoms with van der Waals surface area (Å²) in [6, 6.07) is 17.4. The molecule has 0 amide bonds. The number of halogens is 1. The molecule has 6 heteroatoms. The van der Waals surface area contributed by atoms with Gasteiger partial charge in [-0.3, -0.25) is 4.79 Å². The van der Waals surface area contributed by atoms with Crippen molar-refractivity contribution in [3.63, 3.8) is 0 Å². The number of nitrogens with two attached hydrogens (primary N) is 1. The number of esters is 1. The molecule has 5 nitrogen and oxygen atoms in total. The van der Waals surface area contributed by atoms with Crippen LogP contribution in [0.4, 0.5) is 0 Å². The number of ether oxygens (including phenoxy) is 2. The Morgan fingerprint density at radius 2 is 1.76 bits per heavy atom. The summed E-state index contributed by atoms with van der Waals surface area (Å²) in [7, 11) is 1.29. The SMILES string of the molecule is COC(=O)C1=C(N)OC2=C(C(=O)C[C@H](c3ccccc3)C2)[C@H]1c1ccc(Br)cc1. The topological polar surface area (TPSA) is 78.6 Å². The van der Waals surface area contributed by atoms with Gasteiger partial charge in [0.2, 0.25) is 5.88 Å². The molecule has 2 aromatic rings. The molecule has 0 saturated carbocycles. The summed E-state index contributed by atoms with van der Waals surface area (Å²) in [6.45, 7) is 0. The summed E-state index contributed by atoms with van der Waals surface area (Å²) >= 11 is 3.42. The van der Waals surface area contributed by atoms with Gasteiger partial charge in [0, 0.05) is 22.9 Å². The van der Waals surface area contributed by atoms with Crippen LogP contribution in [0.5, 0.6) is 0 Å². The summed E-state index contributed by atoms with van der Waals surface area (Å²) in [5.74, 6) is -0.705. The monoisotopic (exact) mass is 453 g/mol. The summed E-state index contributed by atoms with van der Waals surface area (Å²) in [4.78, 5) is 25.8. The van der Waals surface area contributed by atoms with Crippen LogP contribution in [0.25, 0.3) is 0 Å². The second kappa shape index (κ2) is 7.87. The highest BCUT2D eigenvalue weighted by molar-refractivity contribution is 9.10. The van der Waals surface area contributed by atoms with Crippen molar-refractivity contribution in [3.8, 4) is 0 Å². The molecule has 1 aliphatic heterocycles. The molecule has 1 heterocycles. The third kappa shape index (κ3) is 3.60. The van der Waals surface area contributed by atoms with Gasteiger partial charge in [-0.15, -0.1) is 0 Å². The highest BCUT2D eigenvalue weighted by Crippen LogP contribution is 2.47. The van der Waals surface area contributed by atoms with E-state index in [1.807, 2.05) is 54.6 Å². The van der Waals surface area contributed by atoms with Crippen LogP contribution in [-0.2, 0) is 19.1 Å². The minimum atomic E-state index is -0.608. The molecule has 148 valence electrons. The summed E-state index contributed by atoms with van der Waals surface area (Å²) in [5.41, 5.74) is 8.68. The van der Waals surface area contributed by atoms with E-state index in [1.54, 1.807) is 0 Å². The Balaban J connectivity index is 1.81. The van der Waals surface area contributed by atoms with Crippen molar-refractivity contribution >= 4 is 27.7 Å². The number of Topliss-reactive ketones (excluding diaryl/α,β-unsaturated/α-hetero) is 1.